The Bertz CT molecular complexity index is 1370. The number of fused-ring (bicyclic) bond motifs is 1. The zero-order chi connectivity index (χ0) is 25.4. The molecule has 0 radical (unpaired) electrons. The van der Waals surface area contributed by atoms with E-state index in [1.807, 2.05) is 15.4 Å². The van der Waals surface area contributed by atoms with Crippen LogP contribution in [0.15, 0.2) is 41.4 Å². The van der Waals surface area contributed by atoms with Gasteiger partial charge in [0.1, 0.15) is 30.1 Å². The molecular weight excluding hydrogens is 495 g/mol. The third-order valence-corrected chi connectivity index (χ3v) is 7.25. The Morgan fingerprint density at radius 1 is 1.20 bits per heavy atom. The van der Waals surface area contributed by atoms with Gasteiger partial charge < -0.3 is 9.30 Å². The maximum Gasteiger partial charge on any atom is 0.573 e. The normalized spacial score (nSPS) is 14.8. The number of halogens is 5. The summed E-state index contributed by atoms with van der Waals surface area (Å²) in [5, 5.41) is 10.1. The molecule has 1 aliphatic rings. The summed E-state index contributed by atoms with van der Waals surface area (Å²) >= 11 is 0. The van der Waals surface area contributed by atoms with Crippen LogP contribution in [0.25, 0.3) is 22.3 Å². The van der Waals surface area contributed by atoms with Crippen molar-refractivity contribution in [3.63, 3.8) is 0 Å². The smallest absolute Gasteiger partial charge is 0.406 e. The van der Waals surface area contributed by atoms with E-state index in [2.05, 4.69) is 9.72 Å². The molecule has 1 aliphatic carbocycles. The molecule has 0 bridgehead atoms. The quantitative estimate of drug-likeness (QED) is 0.437. The number of pyridine rings is 1. The van der Waals surface area contributed by atoms with E-state index in [9.17, 15) is 35.6 Å². The molecule has 1 fully saturated rings. The van der Waals surface area contributed by atoms with Crippen LogP contribution < -0.4 is 9.46 Å². The monoisotopic (exact) mass is 514 g/mol. The largest absolute Gasteiger partial charge is 0.573 e. The van der Waals surface area contributed by atoms with Gasteiger partial charge in [0.25, 0.3) is 0 Å². The maximum absolute atomic E-state index is 12.8. The van der Waals surface area contributed by atoms with Crippen LogP contribution in [0.2, 0.25) is 0 Å². The van der Waals surface area contributed by atoms with E-state index in [-0.39, 0.29) is 27.6 Å². The third kappa shape index (κ3) is 4.94. The van der Waals surface area contributed by atoms with Gasteiger partial charge in [0, 0.05) is 17.6 Å². The molecule has 0 saturated heterocycles. The van der Waals surface area contributed by atoms with Crippen molar-refractivity contribution in [2.45, 2.75) is 42.6 Å². The van der Waals surface area contributed by atoms with Gasteiger partial charge in [-0.05, 0) is 49.6 Å². The number of ether oxygens (including phenoxy) is 1. The summed E-state index contributed by atoms with van der Waals surface area (Å²) in [4.78, 5) is 3.84. The molecule has 2 aromatic heterocycles. The van der Waals surface area contributed by atoms with E-state index in [1.54, 1.807) is 0 Å². The summed E-state index contributed by atoms with van der Waals surface area (Å²) in [5.41, 5.74) is 1.13. The SMILES string of the molecule is N#Cc1c(-c2ccc(S(=O)(=O)NC(CF)CF)cn2)n(C2CCC2)c2ccc(OC(F)(F)F)cc12. The number of nitrogens with zero attached hydrogens (tertiary/aromatic N) is 3. The summed E-state index contributed by atoms with van der Waals surface area (Å²) in [5.74, 6) is -0.477. The first-order valence-electron chi connectivity index (χ1n) is 10.5. The first-order chi connectivity index (χ1) is 16.6. The number of rotatable bonds is 8. The number of nitrogens with one attached hydrogen (secondary N) is 1. The van der Waals surface area contributed by atoms with E-state index in [0.717, 1.165) is 37.6 Å². The number of aromatic nitrogens is 2. The zero-order valence-corrected chi connectivity index (χ0v) is 18.8. The molecule has 1 N–H and O–H groups in total. The van der Waals surface area contributed by atoms with E-state index in [0.29, 0.717) is 11.2 Å². The molecule has 2 heterocycles. The molecule has 1 aromatic carbocycles. The zero-order valence-electron chi connectivity index (χ0n) is 18.0. The lowest BCUT2D eigenvalue weighted by molar-refractivity contribution is -0.274. The number of hydrogen-bond acceptors (Lipinski definition) is 5. The molecule has 13 heteroatoms. The Morgan fingerprint density at radius 2 is 1.91 bits per heavy atom. The topological polar surface area (TPSA) is 97.0 Å². The van der Waals surface area contributed by atoms with Gasteiger partial charge in [0.05, 0.1) is 28.5 Å². The highest BCUT2D eigenvalue weighted by Gasteiger charge is 2.33. The predicted octanol–water partition coefficient (Wildman–Crippen LogP) is 4.78. The van der Waals surface area contributed by atoms with Gasteiger partial charge in [0.2, 0.25) is 10.0 Å². The van der Waals surface area contributed by atoms with Crippen molar-refractivity contribution in [1.29, 1.82) is 5.26 Å². The summed E-state index contributed by atoms with van der Waals surface area (Å²) in [6.45, 7) is -2.46. The van der Waals surface area contributed by atoms with Crippen LogP contribution in [0.1, 0.15) is 30.9 Å². The number of sulfonamides is 1. The average molecular weight is 514 g/mol. The molecule has 4 rings (SSSR count). The number of alkyl halides is 5. The lowest BCUT2D eigenvalue weighted by Gasteiger charge is -2.30. The minimum absolute atomic E-state index is 0.0225. The second-order valence-corrected chi connectivity index (χ2v) is 9.74. The second kappa shape index (κ2) is 9.43. The molecule has 7 nitrogen and oxygen atoms in total. The van der Waals surface area contributed by atoms with Crippen molar-refractivity contribution in [2.75, 3.05) is 13.3 Å². The van der Waals surface area contributed by atoms with E-state index < -0.39 is 41.5 Å². The summed E-state index contributed by atoms with van der Waals surface area (Å²) in [6.07, 6.45) is -1.41. The lowest BCUT2D eigenvalue weighted by Crippen LogP contribution is -2.37. The molecule has 0 spiro atoms. The van der Waals surface area contributed by atoms with Gasteiger partial charge in [0.15, 0.2) is 0 Å². The maximum atomic E-state index is 12.8. The highest BCUT2D eigenvalue weighted by molar-refractivity contribution is 7.89. The highest BCUT2D eigenvalue weighted by atomic mass is 32.2. The van der Waals surface area contributed by atoms with Crippen molar-refractivity contribution in [3.05, 3.63) is 42.1 Å². The molecule has 0 atom stereocenters. The van der Waals surface area contributed by atoms with E-state index >= 15 is 0 Å². The van der Waals surface area contributed by atoms with Crippen molar-refractivity contribution < 1.29 is 35.1 Å². The molecule has 0 aliphatic heterocycles. The van der Waals surface area contributed by atoms with Crippen molar-refractivity contribution in [2.24, 2.45) is 0 Å². The standard InChI is InChI=1S/C22H19F5N4O3S/c23-9-13(10-24)30-35(32,33)16-5-6-19(29-12-16)21-18(11-28)17-8-15(34-22(25,26)27)4-7-20(17)31(21)14-2-1-3-14/h4-8,12-14,30H,1-3,9-10H2. The Kier molecular flexibility index (Phi) is 6.70. The van der Waals surface area contributed by atoms with Crippen molar-refractivity contribution >= 4 is 20.9 Å². The molecule has 35 heavy (non-hydrogen) atoms. The van der Waals surface area contributed by atoms with Crippen LogP contribution in [-0.2, 0) is 10.0 Å². The van der Waals surface area contributed by atoms with Crippen LogP contribution in [-0.4, -0.2) is 43.7 Å². The van der Waals surface area contributed by atoms with Gasteiger partial charge >= 0.3 is 6.36 Å². The Labute approximate surface area is 197 Å². The van der Waals surface area contributed by atoms with Gasteiger partial charge in [-0.15, -0.1) is 13.2 Å². The first kappa shape index (κ1) is 24.9. The molecule has 3 aromatic rings. The number of hydrogen-bond donors (Lipinski definition) is 1. The summed E-state index contributed by atoms with van der Waals surface area (Å²) < 4.78 is 96.3. The third-order valence-electron chi connectivity index (χ3n) is 5.74. The fraction of sp³-hybridized carbons (Fsp3) is 0.364. The van der Waals surface area contributed by atoms with Gasteiger partial charge in [-0.2, -0.15) is 5.26 Å². The Hall–Kier alpha value is -3.24. The van der Waals surface area contributed by atoms with Crippen LogP contribution in [0.4, 0.5) is 22.0 Å². The second-order valence-electron chi connectivity index (χ2n) is 8.02. The van der Waals surface area contributed by atoms with Crippen molar-refractivity contribution in [3.8, 4) is 23.2 Å². The predicted molar refractivity (Wildman–Crippen MR) is 116 cm³/mol. The lowest BCUT2D eigenvalue weighted by atomic mass is 9.92. The molecule has 186 valence electrons. The molecule has 1 saturated carbocycles. The first-order valence-corrected chi connectivity index (χ1v) is 12.0. The Balaban J connectivity index is 1.81. The van der Waals surface area contributed by atoms with Crippen LogP contribution >= 0.6 is 0 Å². The van der Waals surface area contributed by atoms with E-state index in [1.165, 1.54) is 18.2 Å². The minimum atomic E-state index is -4.90. The van der Waals surface area contributed by atoms with Crippen LogP contribution in [0, 0.1) is 11.3 Å². The molecular formula is C22H19F5N4O3S. The fourth-order valence-corrected chi connectivity index (χ4v) is 5.09. The summed E-state index contributed by atoms with van der Waals surface area (Å²) in [7, 11) is -4.25. The van der Waals surface area contributed by atoms with Gasteiger partial charge in [-0.3, -0.25) is 4.98 Å². The summed E-state index contributed by atoms with van der Waals surface area (Å²) in [6, 6.07) is 6.73. The van der Waals surface area contributed by atoms with Gasteiger partial charge in [-0.25, -0.2) is 21.9 Å². The number of benzene rings is 1. The fourth-order valence-electron chi connectivity index (χ4n) is 3.95. The highest BCUT2D eigenvalue weighted by Crippen LogP contribution is 2.43. The average Bonchev–Trinajstić information content (AvgIpc) is 3.08. The molecule has 0 amide bonds. The van der Waals surface area contributed by atoms with Gasteiger partial charge in [-0.1, -0.05) is 0 Å². The van der Waals surface area contributed by atoms with E-state index in [4.69, 9.17) is 0 Å². The Morgan fingerprint density at radius 3 is 2.43 bits per heavy atom. The van der Waals surface area contributed by atoms with Crippen molar-refractivity contribution in [1.82, 2.24) is 14.3 Å². The van der Waals surface area contributed by atoms with Crippen LogP contribution in [0.3, 0.4) is 0 Å². The van der Waals surface area contributed by atoms with Crippen LogP contribution in [0.5, 0.6) is 5.75 Å². The molecule has 0 unspecified atom stereocenters. The number of nitriles is 1. The minimum Gasteiger partial charge on any atom is -0.406 e.